The number of rotatable bonds is 4. The third-order valence-corrected chi connectivity index (χ3v) is 5.54. The zero-order valence-electron chi connectivity index (χ0n) is 16.5. The molecule has 2 N–H and O–H groups in total. The molecule has 0 saturated carbocycles. The molecular weight excluding hydrogens is 461 g/mol. The normalized spacial score (nSPS) is 26.9. The second kappa shape index (κ2) is 11.3. The number of morpholine rings is 1. The summed E-state index contributed by atoms with van der Waals surface area (Å²) in [5, 5.41) is 6.88. The zero-order chi connectivity index (χ0) is 18.4. The van der Waals surface area contributed by atoms with Crippen LogP contribution in [-0.2, 0) is 9.47 Å². The second-order valence-electron chi connectivity index (χ2n) is 7.30. The minimum Gasteiger partial charge on any atom is -0.450 e. The lowest BCUT2D eigenvalue weighted by atomic mass is 10.1. The molecular formula is C18H34IN5O3. The molecule has 3 saturated heterocycles. The number of nitrogens with one attached hydrogen (secondary N) is 2. The number of fused-ring (bicyclic) bond motifs is 1. The molecule has 3 heterocycles. The van der Waals surface area contributed by atoms with Gasteiger partial charge in [0.1, 0.15) is 0 Å². The number of likely N-dealkylation sites (tertiary alicyclic amines) is 1. The van der Waals surface area contributed by atoms with Crippen molar-refractivity contribution in [1.82, 2.24) is 20.4 Å². The van der Waals surface area contributed by atoms with E-state index < -0.39 is 0 Å². The summed E-state index contributed by atoms with van der Waals surface area (Å²) in [7, 11) is 1.79. The number of piperidine rings is 1. The standard InChI is InChI=1S/C18H33N5O3.HI/c1-3-25-18(24)22-9-6-14(7-10-22)21-17(19-2)20-11-16-12-23-8-4-5-15(23)13-26-16;/h14-16H,3-13H2,1-2H3,(H2,19,20,21);1H. The van der Waals surface area contributed by atoms with Gasteiger partial charge in [-0.25, -0.2) is 4.79 Å². The Bertz CT molecular complexity index is 499. The molecule has 0 aromatic heterocycles. The summed E-state index contributed by atoms with van der Waals surface area (Å²) in [6.07, 6.45) is 4.37. The van der Waals surface area contributed by atoms with Crippen molar-refractivity contribution in [2.75, 3.05) is 53.0 Å². The van der Waals surface area contributed by atoms with Crippen LogP contribution in [0.4, 0.5) is 4.79 Å². The first-order chi connectivity index (χ1) is 12.7. The van der Waals surface area contributed by atoms with Gasteiger partial charge in [-0.3, -0.25) is 9.89 Å². The fraction of sp³-hybridized carbons (Fsp3) is 0.889. The van der Waals surface area contributed by atoms with Crippen LogP contribution in [0.3, 0.4) is 0 Å². The highest BCUT2D eigenvalue weighted by atomic mass is 127. The maximum Gasteiger partial charge on any atom is 0.409 e. The molecule has 27 heavy (non-hydrogen) atoms. The Balaban J connectivity index is 0.00000261. The van der Waals surface area contributed by atoms with Crippen LogP contribution >= 0.6 is 24.0 Å². The predicted molar refractivity (Wildman–Crippen MR) is 116 cm³/mol. The topological polar surface area (TPSA) is 78.4 Å². The molecule has 3 aliphatic heterocycles. The molecule has 0 radical (unpaired) electrons. The number of aliphatic imine (C=N–C) groups is 1. The monoisotopic (exact) mass is 495 g/mol. The predicted octanol–water partition coefficient (Wildman–Crippen LogP) is 1.25. The number of halogens is 1. The Labute approximate surface area is 179 Å². The number of guanidine groups is 1. The Morgan fingerprint density at radius 3 is 2.74 bits per heavy atom. The largest absolute Gasteiger partial charge is 0.450 e. The molecule has 3 rings (SSSR count). The molecule has 2 unspecified atom stereocenters. The Hall–Kier alpha value is -0.810. The number of hydrogen-bond donors (Lipinski definition) is 2. The molecule has 0 aromatic carbocycles. The first-order valence-corrected chi connectivity index (χ1v) is 9.94. The third-order valence-electron chi connectivity index (χ3n) is 5.54. The summed E-state index contributed by atoms with van der Waals surface area (Å²) in [5.74, 6) is 0.812. The first-order valence-electron chi connectivity index (χ1n) is 9.94. The van der Waals surface area contributed by atoms with Crippen molar-refractivity contribution in [2.24, 2.45) is 4.99 Å². The summed E-state index contributed by atoms with van der Waals surface area (Å²) in [4.78, 5) is 20.4. The lowest BCUT2D eigenvalue weighted by Crippen LogP contribution is -2.53. The van der Waals surface area contributed by atoms with E-state index >= 15 is 0 Å². The Morgan fingerprint density at radius 1 is 1.26 bits per heavy atom. The van der Waals surface area contributed by atoms with Gasteiger partial charge in [-0.15, -0.1) is 24.0 Å². The van der Waals surface area contributed by atoms with Gasteiger partial charge in [0.15, 0.2) is 5.96 Å². The van der Waals surface area contributed by atoms with Crippen LogP contribution in [0, 0.1) is 0 Å². The molecule has 9 heteroatoms. The fourth-order valence-electron chi connectivity index (χ4n) is 4.03. The average Bonchev–Trinajstić information content (AvgIpc) is 3.13. The van der Waals surface area contributed by atoms with E-state index in [9.17, 15) is 4.79 Å². The van der Waals surface area contributed by atoms with Gasteiger partial charge >= 0.3 is 6.09 Å². The Morgan fingerprint density at radius 2 is 2.04 bits per heavy atom. The molecule has 156 valence electrons. The van der Waals surface area contributed by atoms with Gasteiger partial charge in [0.2, 0.25) is 0 Å². The van der Waals surface area contributed by atoms with E-state index in [1.165, 1.54) is 19.4 Å². The van der Waals surface area contributed by atoms with E-state index in [0.29, 0.717) is 18.7 Å². The van der Waals surface area contributed by atoms with Gasteiger partial charge in [0.05, 0.1) is 19.3 Å². The van der Waals surface area contributed by atoms with Crippen molar-refractivity contribution >= 4 is 36.0 Å². The first kappa shape index (κ1) is 22.5. The zero-order valence-corrected chi connectivity index (χ0v) is 18.8. The number of hydrogen-bond acceptors (Lipinski definition) is 5. The molecule has 0 aliphatic carbocycles. The number of nitrogens with zero attached hydrogens (tertiary/aromatic N) is 3. The number of amides is 1. The van der Waals surface area contributed by atoms with E-state index in [-0.39, 0.29) is 36.2 Å². The van der Waals surface area contributed by atoms with Crippen molar-refractivity contribution in [1.29, 1.82) is 0 Å². The van der Waals surface area contributed by atoms with Crippen LogP contribution in [0.1, 0.15) is 32.6 Å². The van der Waals surface area contributed by atoms with Crippen molar-refractivity contribution < 1.29 is 14.3 Å². The number of carbonyl (C=O) groups is 1. The van der Waals surface area contributed by atoms with Crippen molar-refractivity contribution in [3.8, 4) is 0 Å². The summed E-state index contributed by atoms with van der Waals surface area (Å²) in [6, 6.07) is 0.954. The summed E-state index contributed by atoms with van der Waals surface area (Å²) < 4.78 is 11.1. The molecule has 0 aromatic rings. The van der Waals surface area contributed by atoms with E-state index in [1.54, 1.807) is 11.9 Å². The van der Waals surface area contributed by atoms with Crippen LogP contribution in [-0.4, -0.2) is 93.0 Å². The van der Waals surface area contributed by atoms with E-state index in [2.05, 4.69) is 20.5 Å². The highest BCUT2D eigenvalue weighted by molar-refractivity contribution is 14.0. The maximum absolute atomic E-state index is 11.8. The molecule has 0 bridgehead atoms. The second-order valence-corrected chi connectivity index (χ2v) is 7.30. The molecule has 3 fully saturated rings. The van der Waals surface area contributed by atoms with Crippen LogP contribution in [0.25, 0.3) is 0 Å². The highest BCUT2D eigenvalue weighted by Crippen LogP contribution is 2.22. The lowest BCUT2D eigenvalue weighted by Gasteiger charge is -2.36. The van der Waals surface area contributed by atoms with Crippen molar-refractivity contribution in [3.05, 3.63) is 0 Å². The average molecular weight is 495 g/mol. The van der Waals surface area contributed by atoms with E-state index in [4.69, 9.17) is 9.47 Å². The van der Waals surface area contributed by atoms with Crippen molar-refractivity contribution in [3.63, 3.8) is 0 Å². The smallest absolute Gasteiger partial charge is 0.409 e. The highest BCUT2D eigenvalue weighted by Gasteiger charge is 2.32. The fourth-order valence-corrected chi connectivity index (χ4v) is 4.03. The van der Waals surface area contributed by atoms with Gasteiger partial charge in [0.25, 0.3) is 0 Å². The van der Waals surface area contributed by atoms with E-state index in [0.717, 1.165) is 51.6 Å². The minimum absolute atomic E-state index is 0. The minimum atomic E-state index is -0.205. The van der Waals surface area contributed by atoms with Crippen LogP contribution in [0.2, 0.25) is 0 Å². The van der Waals surface area contributed by atoms with Gasteiger partial charge in [0, 0.05) is 45.3 Å². The van der Waals surface area contributed by atoms with Crippen LogP contribution < -0.4 is 10.6 Å². The van der Waals surface area contributed by atoms with Gasteiger partial charge in [-0.1, -0.05) is 0 Å². The maximum atomic E-state index is 11.8. The third kappa shape index (κ3) is 6.35. The summed E-state index contributed by atoms with van der Waals surface area (Å²) >= 11 is 0. The van der Waals surface area contributed by atoms with Crippen molar-refractivity contribution in [2.45, 2.75) is 50.8 Å². The summed E-state index contributed by atoms with van der Waals surface area (Å²) in [5.41, 5.74) is 0. The molecule has 1 amide bonds. The summed E-state index contributed by atoms with van der Waals surface area (Å²) in [6.45, 7) is 7.53. The number of carbonyl (C=O) groups excluding carboxylic acids is 1. The molecule has 0 spiro atoms. The van der Waals surface area contributed by atoms with Gasteiger partial charge in [-0.2, -0.15) is 0 Å². The van der Waals surface area contributed by atoms with Gasteiger partial charge < -0.3 is 25.0 Å². The molecule has 2 atom stereocenters. The lowest BCUT2D eigenvalue weighted by molar-refractivity contribution is -0.0453. The Kier molecular flexibility index (Phi) is 9.37. The quantitative estimate of drug-likeness (QED) is 0.348. The van der Waals surface area contributed by atoms with E-state index in [1.807, 2.05) is 6.92 Å². The van der Waals surface area contributed by atoms with Gasteiger partial charge in [-0.05, 0) is 39.2 Å². The van der Waals surface area contributed by atoms with Crippen LogP contribution in [0.5, 0.6) is 0 Å². The SMILES string of the molecule is CCOC(=O)N1CCC(NC(=NC)NCC2CN3CCCC3CO2)CC1.I. The molecule has 3 aliphatic rings. The van der Waals surface area contributed by atoms with Crippen LogP contribution in [0.15, 0.2) is 4.99 Å². The number of ether oxygens (including phenoxy) is 2. The molecule has 8 nitrogen and oxygen atoms in total.